The lowest BCUT2D eigenvalue weighted by Gasteiger charge is -2.21. The zero-order valence-corrected chi connectivity index (χ0v) is 15.5. The highest BCUT2D eigenvalue weighted by molar-refractivity contribution is 5.92. The van der Waals surface area contributed by atoms with Crippen LogP contribution in [0.15, 0.2) is 30.3 Å². The largest absolute Gasteiger partial charge is 0.467 e. The van der Waals surface area contributed by atoms with Crippen LogP contribution in [-0.2, 0) is 4.79 Å². The maximum Gasteiger partial charge on any atom is 0.262 e. The molecule has 0 saturated carbocycles. The maximum atomic E-state index is 12.2. The van der Waals surface area contributed by atoms with Gasteiger partial charge < -0.3 is 15.0 Å². The molecule has 1 aliphatic rings. The normalized spacial score (nSPS) is 14.6. The molecule has 1 aromatic carbocycles. The first kappa shape index (κ1) is 18.2. The van der Waals surface area contributed by atoms with Gasteiger partial charge in [0.2, 0.25) is 11.8 Å². The van der Waals surface area contributed by atoms with Crippen LogP contribution < -0.4 is 15.0 Å². The number of aromatic nitrogens is 2. The van der Waals surface area contributed by atoms with Crippen LogP contribution in [-0.4, -0.2) is 35.6 Å². The van der Waals surface area contributed by atoms with Crippen LogP contribution in [0.2, 0.25) is 0 Å². The summed E-state index contributed by atoms with van der Waals surface area (Å²) in [5.74, 6) is 0.935. The molecule has 0 aliphatic carbocycles. The summed E-state index contributed by atoms with van der Waals surface area (Å²) in [6, 6.07) is 9.43. The van der Waals surface area contributed by atoms with E-state index in [2.05, 4.69) is 20.2 Å². The number of nitrogens with zero attached hydrogens (tertiary/aromatic N) is 3. The van der Waals surface area contributed by atoms with E-state index in [1.54, 1.807) is 6.07 Å². The van der Waals surface area contributed by atoms with Gasteiger partial charge in [-0.1, -0.05) is 31.0 Å². The smallest absolute Gasteiger partial charge is 0.262 e. The van der Waals surface area contributed by atoms with Crippen LogP contribution >= 0.6 is 0 Å². The lowest BCUT2D eigenvalue weighted by molar-refractivity contribution is -0.118. The van der Waals surface area contributed by atoms with Gasteiger partial charge in [-0.05, 0) is 38.3 Å². The van der Waals surface area contributed by atoms with E-state index >= 15 is 0 Å². The van der Waals surface area contributed by atoms with E-state index in [1.165, 1.54) is 12.8 Å². The number of amides is 1. The molecule has 1 fully saturated rings. The zero-order chi connectivity index (χ0) is 18.4. The minimum Gasteiger partial charge on any atom is -0.467 e. The predicted molar refractivity (Wildman–Crippen MR) is 103 cm³/mol. The number of aryl methyl sites for hydroxylation is 2. The highest BCUT2D eigenvalue weighted by Crippen LogP contribution is 2.19. The van der Waals surface area contributed by atoms with E-state index in [0.29, 0.717) is 11.8 Å². The van der Waals surface area contributed by atoms with Crippen molar-refractivity contribution in [2.24, 2.45) is 0 Å². The molecule has 6 nitrogen and oxygen atoms in total. The number of benzene rings is 1. The van der Waals surface area contributed by atoms with Crippen LogP contribution in [0.5, 0.6) is 5.88 Å². The van der Waals surface area contributed by atoms with Gasteiger partial charge in [-0.15, -0.1) is 0 Å². The molecule has 2 heterocycles. The lowest BCUT2D eigenvalue weighted by atomic mass is 10.2. The number of anilines is 2. The number of para-hydroxylation sites is 1. The van der Waals surface area contributed by atoms with Crippen LogP contribution in [0.3, 0.4) is 0 Å². The van der Waals surface area contributed by atoms with Crippen LogP contribution in [0.25, 0.3) is 0 Å². The number of rotatable bonds is 5. The number of carbonyl (C=O) groups is 1. The van der Waals surface area contributed by atoms with Crippen molar-refractivity contribution in [3.63, 3.8) is 0 Å². The summed E-state index contributed by atoms with van der Waals surface area (Å²) in [5, 5.41) is 2.86. The van der Waals surface area contributed by atoms with Crippen molar-refractivity contribution < 1.29 is 9.53 Å². The Labute approximate surface area is 154 Å². The van der Waals surface area contributed by atoms with Crippen molar-refractivity contribution in [2.45, 2.75) is 39.5 Å². The highest BCUT2D eigenvalue weighted by Gasteiger charge is 2.15. The molecule has 0 atom stereocenters. The molecule has 1 saturated heterocycles. The van der Waals surface area contributed by atoms with E-state index in [0.717, 1.165) is 42.9 Å². The summed E-state index contributed by atoms with van der Waals surface area (Å²) < 4.78 is 5.63. The predicted octanol–water partition coefficient (Wildman–Crippen LogP) is 3.49. The van der Waals surface area contributed by atoms with E-state index in [9.17, 15) is 4.79 Å². The summed E-state index contributed by atoms with van der Waals surface area (Å²) in [6.45, 7) is 5.73. The fourth-order valence-electron chi connectivity index (χ4n) is 3.05. The zero-order valence-electron chi connectivity index (χ0n) is 15.5. The molecule has 0 spiro atoms. The van der Waals surface area contributed by atoms with Crippen LogP contribution in [0.4, 0.5) is 11.6 Å². The molecule has 0 bridgehead atoms. The second kappa shape index (κ2) is 8.65. The van der Waals surface area contributed by atoms with E-state index in [-0.39, 0.29) is 12.5 Å². The molecule has 6 heteroatoms. The van der Waals surface area contributed by atoms with Crippen molar-refractivity contribution in [3.8, 4) is 5.88 Å². The molecule has 0 unspecified atom stereocenters. The summed E-state index contributed by atoms with van der Waals surface area (Å²) in [5.41, 5.74) is 2.65. The second-order valence-corrected chi connectivity index (χ2v) is 6.70. The fraction of sp³-hybridized carbons (Fsp3) is 0.450. The number of hydrogen-bond acceptors (Lipinski definition) is 5. The molecular weight excluding hydrogens is 328 g/mol. The minimum atomic E-state index is -0.202. The lowest BCUT2D eigenvalue weighted by Crippen LogP contribution is -2.26. The first-order valence-electron chi connectivity index (χ1n) is 9.21. The molecule has 26 heavy (non-hydrogen) atoms. The molecule has 1 amide bonds. The summed E-state index contributed by atoms with van der Waals surface area (Å²) in [4.78, 5) is 23.4. The monoisotopic (exact) mass is 354 g/mol. The molecule has 3 rings (SSSR count). The molecule has 2 aromatic rings. The number of nitrogens with one attached hydrogen (secondary N) is 1. The minimum absolute atomic E-state index is 0.0791. The topological polar surface area (TPSA) is 67.3 Å². The van der Waals surface area contributed by atoms with E-state index in [1.807, 2.05) is 38.1 Å². The standard InChI is InChI=1S/C20H26N4O2/c1-15-9-5-6-10-17(15)22-18(25)14-26-19-13-16(2)21-20(23-19)24-11-7-3-4-8-12-24/h5-6,9-10,13H,3-4,7-8,11-12,14H2,1-2H3,(H,22,25). The first-order chi connectivity index (χ1) is 12.6. The third-order valence-corrected chi connectivity index (χ3v) is 4.48. The van der Waals surface area contributed by atoms with Gasteiger partial charge in [-0.2, -0.15) is 4.98 Å². The van der Waals surface area contributed by atoms with Crippen LogP contribution in [0.1, 0.15) is 36.9 Å². The Kier molecular flexibility index (Phi) is 6.04. The summed E-state index contributed by atoms with van der Waals surface area (Å²) in [7, 11) is 0. The van der Waals surface area contributed by atoms with Gasteiger partial charge in [0.15, 0.2) is 6.61 Å². The molecule has 138 valence electrons. The van der Waals surface area contributed by atoms with Gasteiger partial charge in [-0.3, -0.25) is 4.79 Å². The van der Waals surface area contributed by atoms with Crippen molar-refractivity contribution in [1.82, 2.24) is 9.97 Å². The Hall–Kier alpha value is -2.63. The molecule has 1 aromatic heterocycles. The van der Waals surface area contributed by atoms with Crippen molar-refractivity contribution in [2.75, 3.05) is 29.9 Å². The van der Waals surface area contributed by atoms with E-state index < -0.39 is 0 Å². The second-order valence-electron chi connectivity index (χ2n) is 6.70. The third kappa shape index (κ3) is 4.94. The van der Waals surface area contributed by atoms with E-state index in [4.69, 9.17) is 4.74 Å². The molecule has 0 radical (unpaired) electrons. The Morgan fingerprint density at radius 3 is 2.58 bits per heavy atom. The molecular formula is C20H26N4O2. The number of carbonyl (C=O) groups excluding carboxylic acids is 1. The number of hydrogen-bond donors (Lipinski definition) is 1. The van der Waals surface area contributed by atoms with Crippen molar-refractivity contribution in [1.29, 1.82) is 0 Å². The van der Waals surface area contributed by atoms with Gasteiger partial charge in [0.05, 0.1) is 0 Å². The summed E-state index contributed by atoms with van der Waals surface area (Å²) in [6.07, 6.45) is 4.83. The summed E-state index contributed by atoms with van der Waals surface area (Å²) >= 11 is 0. The molecule has 1 N–H and O–H groups in total. The van der Waals surface area contributed by atoms with Gasteiger partial charge in [0.25, 0.3) is 5.91 Å². The Morgan fingerprint density at radius 2 is 1.85 bits per heavy atom. The maximum absolute atomic E-state index is 12.2. The average Bonchev–Trinajstić information content (AvgIpc) is 2.91. The Balaban J connectivity index is 1.62. The third-order valence-electron chi connectivity index (χ3n) is 4.48. The van der Waals surface area contributed by atoms with Gasteiger partial charge in [0.1, 0.15) is 0 Å². The van der Waals surface area contributed by atoms with Gasteiger partial charge in [-0.25, -0.2) is 4.98 Å². The highest BCUT2D eigenvalue weighted by atomic mass is 16.5. The average molecular weight is 354 g/mol. The number of ether oxygens (including phenoxy) is 1. The SMILES string of the molecule is Cc1cc(OCC(=O)Nc2ccccc2C)nc(N2CCCCCC2)n1. The Morgan fingerprint density at radius 1 is 1.12 bits per heavy atom. The Bertz CT molecular complexity index is 755. The van der Waals surface area contributed by atoms with Crippen molar-refractivity contribution >= 4 is 17.5 Å². The molecule has 1 aliphatic heterocycles. The van der Waals surface area contributed by atoms with Gasteiger partial charge >= 0.3 is 0 Å². The van der Waals surface area contributed by atoms with Crippen LogP contribution in [0, 0.1) is 13.8 Å². The van der Waals surface area contributed by atoms with Gasteiger partial charge in [0, 0.05) is 30.5 Å². The first-order valence-corrected chi connectivity index (χ1v) is 9.21. The van der Waals surface area contributed by atoms with Crippen molar-refractivity contribution in [3.05, 3.63) is 41.6 Å². The fourth-order valence-corrected chi connectivity index (χ4v) is 3.05. The quantitative estimate of drug-likeness (QED) is 0.890.